The number of benzene rings is 2. The molecule has 138 valence electrons. The number of nitrogens with one attached hydrogen (secondary N) is 2. The van der Waals surface area contributed by atoms with Crippen LogP contribution in [0.1, 0.15) is 11.1 Å². The van der Waals surface area contributed by atoms with Crippen LogP contribution >= 0.6 is 0 Å². The minimum absolute atomic E-state index is 0.0544. The second-order valence-electron chi connectivity index (χ2n) is 6.18. The van der Waals surface area contributed by atoms with Crippen LogP contribution in [0.25, 0.3) is 0 Å². The van der Waals surface area contributed by atoms with E-state index in [4.69, 9.17) is 0 Å². The number of sulfone groups is 2. The molecule has 3 rings (SSSR count). The van der Waals surface area contributed by atoms with E-state index in [1.165, 1.54) is 24.3 Å². The molecule has 1 aliphatic heterocycles. The van der Waals surface area contributed by atoms with Crippen molar-refractivity contribution < 1.29 is 21.6 Å². The standard InChI is InChI=1S/C17H18N2O5S2/c1-11-3-7-13(8-4-11)25(21,22)15-16(19-17(20)18-15)26(23,24)14-9-5-12(2)6-10-14/h3-10,15-16H,1-2H3,(H2,18,19,20). The van der Waals surface area contributed by atoms with Crippen LogP contribution in [0.2, 0.25) is 0 Å². The lowest BCUT2D eigenvalue weighted by Crippen LogP contribution is -2.45. The third kappa shape index (κ3) is 3.19. The lowest BCUT2D eigenvalue weighted by atomic mass is 10.2. The van der Waals surface area contributed by atoms with E-state index < -0.39 is 36.5 Å². The molecule has 1 heterocycles. The summed E-state index contributed by atoms with van der Waals surface area (Å²) in [5, 5.41) is 1.21. The minimum Gasteiger partial charge on any atom is -0.318 e. The summed E-state index contributed by atoms with van der Waals surface area (Å²) in [7, 11) is -8.22. The van der Waals surface area contributed by atoms with Crippen LogP contribution in [0, 0.1) is 13.8 Å². The highest BCUT2D eigenvalue weighted by Crippen LogP contribution is 2.26. The Hall–Kier alpha value is -2.39. The molecule has 0 bridgehead atoms. The fourth-order valence-electron chi connectivity index (χ4n) is 2.68. The Morgan fingerprint density at radius 2 is 0.962 bits per heavy atom. The van der Waals surface area contributed by atoms with Gasteiger partial charge in [-0.3, -0.25) is 0 Å². The van der Waals surface area contributed by atoms with Crippen molar-refractivity contribution in [2.75, 3.05) is 0 Å². The van der Waals surface area contributed by atoms with Gasteiger partial charge in [0.05, 0.1) is 9.79 Å². The molecule has 1 fully saturated rings. The Morgan fingerprint density at radius 1 is 0.654 bits per heavy atom. The lowest BCUT2D eigenvalue weighted by molar-refractivity contribution is 0.247. The Balaban J connectivity index is 2.05. The molecule has 2 aromatic carbocycles. The number of aryl methyl sites for hydroxylation is 2. The van der Waals surface area contributed by atoms with Gasteiger partial charge >= 0.3 is 6.03 Å². The molecule has 0 saturated carbocycles. The Morgan fingerprint density at radius 3 is 1.27 bits per heavy atom. The van der Waals surface area contributed by atoms with Crippen LogP contribution < -0.4 is 10.6 Å². The molecule has 0 aromatic heterocycles. The van der Waals surface area contributed by atoms with Crippen LogP contribution in [0.15, 0.2) is 58.3 Å². The average molecular weight is 394 g/mol. The van der Waals surface area contributed by atoms with Gasteiger partial charge in [0.1, 0.15) is 0 Å². The zero-order valence-electron chi connectivity index (χ0n) is 14.1. The number of carbonyl (C=O) groups is 1. The molecule has 0 radical (unpaired) electrons. The number of amides is 2. The smallest absolute Gasteiger partial charge is 0.317 e. The van der Waals surface area contributed by atoms with Gasteiger partial charge in [0.15, 0.2) is 10.7 Å². The van der Waals surface area contributed by atoms with Gasteiger partial charge in [-0.2, -0.15) is 0 Å². The summed E-state index contributed by atoms with van der Waals surface area (Å²) in [6, 6.07) is 11.2. The van der Waals surface area contributed by atoms with E-state index in [2.05, 4.69) is 10.6 Å². The summed E-state index contributed by atoms with van der Waals surface area (Å²) >= 11 is 0. The predicted octanol–water partition coefficient (Wildman–Crippen LogP) is 1.52. The first-order valence-electron chi connectivity index (χ1n) is 7.80. The monoisotopic (exact) mass is 394 g/mol. The molecule has 0 spiro atoms. The largest absolute Gasteiger partial charge is 0.318 e. The maximum Gasteiger partial charge on any atom is 0.317 e. The van der Waals surface area contributed by atoms with Gasteiger partial charge in [-0.15, -0.1) is 0 Å². The number of hydrogen-bond acceptors (Lipinski definition) is 5. The average Bonchev–Trinajstić information content (AvgIpc) is 2.99. The fourth-order valence-corrected chi connectivity index (χ4v) is 6.49. The van der Waals surface area contributed by atoms with Crippen LogP contribution in [-0.4, -0.2) is 33.6 Å². The van der Waals surface area contributed by atoms with Gasteiger partial charge in [-0.05, 0) is 38.1 Å². The molecule has 7 nitrogen and oxygen atoms in total. The molecular formula is C17H18N2O5S2. The van der Waals surface area contributed by atoms with Gasteiger partial charge in [0.25, 0.3) is 0 Å². The minimum atomic E-state index is -4.11. The maximum absolute atomic E-state index is 12.9. The number of rotatable bonds is 4. The van der Waals surface area contributed by atoms with Crippen molar-refractivity contribution in [2.24, 2.45) is 0 Å². The normalized spacial score (nSPS) is 20.5. The molecule has 1 saturated heterocycles. The number of hydrogen-bond donors (Lipinski definition) is 2. The van der Waals surface area contributed by atoms with Crippen molar-refractivity contribution in [1.29, 1.82) is 0 Å². The highest BCUT2D eigenvalue weighted by Gasteiger charge is 2.49. The van der Waals surface area contributed by atoms with E-state index >= 15 is 0 Å². The number of carbonyl (C=O) groups excluding carboxylic acids is 1. The van der Waals surface area contributed by atoms with Crippen LogP contribution in [0.4, 0.5) is 4.79 Å². The van der Waals surface area contributed by atoms with Crippen molar-refractivity contribution in [3.05, 3.63) is 59.7 Å². The lowest BCUT2D eigenvalue weighted by Gasteiger charge is -2.19. The van der Waals surface area contributed by atoms with Crippen molar-refractivity contribution >= 4 is 25.7 Å². The second kappa shape index (κ2) is 6.40. The van der Waals surface area contributed by atoms with Crippen molar-refractivity contribution in [3.63, 3.8) is 0 Å². The molecule has 2 aromatic rings. The van der Waals surface area contributed by atoms with E-state index in [1.807, 2.05) is 0 Å². The highest BCUT2D eigenvalue weighted by atomic mass is 32.2. The molecule has 2 unspecified atom stereocenters. The third-order valence-electron chi connectivity index (χ3n) is 4.19. The van der Waals surface area contributed by atoms with Gasteiger partial charge in [0, 0.05) is 0 Å². The van der Waals surface area contributed by atoms with Crippen molar-refractivity contribution in [1.82, 2.24) is 10.6 Å². The van der Waals surface area contributed by atoms with Gasteiger partial charge < -0.3 is 10.6 Å². The number of urea groups is 1. The molecule has 26 heavy (non-hydrogen) atoms. The molecule has 1 aliphatic rings. The zero-order valence-corrected chi connectivity index (χ0v) is 15.8. The van der Waals surface area contributed by atoms with E-state index in [0.717, 1.165) is 11.1 Å². The summed E-state index contributed by atoms with van der Waals surface area (Å²) in [6.07, 6.45) is 0. The Labute approximate surface area is 152 Å². The third-order valence-corrected chi connectivity index (χ3v) is 8.34. The maximum atomic E-state index is 12.9. The van der Waals surface area contributed by atoms with Crippen LogP contribution in [0.5, 0.6) is 0 Å². The summed E-state index contributed by atoms with van der Waals surface area (Å²) in [4.78, 5) is 11.7. The molecular weight excluding hydrogens is 376 g/mol. The first-order valence-corrected chi connectivity index (χ1v) is 10.9. The summed E-state index contributed by atoms with van der Waals surface area (Å²) in [5.74, 6) is 0. The summed E-state index contributed by atoms with van der Waals surface area (Å²) in [5.41, 5.74) is 1.72. The zero-order chi connectivity index (χ0) is 19.1. The van der Waals surface area contributed by atoms with Gasteiger partial charge in [-0.25, -0.2) is 21.6 Å². The Kier molecular flexibility index (Phi) is 4.53. The molecule has 9 heteroatoms. The van der Waals surface area contributed by atoms with Crippen LogP contribution in [-0.2, 0) is 19.7 Å². The second-order valence-corrected chi connectivity index (χ2v) is 10.3. The van der Waals surface area contributed by atoms with E-state index in [1.54, 1.807) is 38.1 Å². The van der Waals surface area contributed by atoms with E-state index in [-0.39, 0.29) is 9.79 Å². The van der Waals surface area contributed by atoms with Gasteiger partial charge in [-0.1, -0.05) is 35.4 Å². The van der Waals surface area contributed by atoms with Crippen molar-refractivity contribution in [2.45, 2.75) is 34.4 Å². The summed E-state index contributed by atoms with van der Waals surface area (Å²) in [6.45, 7) is 3.61. The van der Waals surface area contributed by atoms with Crippen LogP contribution in [0.3, 0.4) is 0 Å². The first kappa shape index (κ1) is 18.4. The van der Waals surface area contributed by atoms with E-state index in [0.29, 0.717) is 0 Å². The highest BCUT2D eigenvalue weighted by molar-refractivity contribution is 7.96. The van der Waals surface area contributed by atoms with E-state index in [9.17, 15) is 21.6 Å². The molecule has 2 atom stereocenters. The first-order chi connectivity index (χ1) is 12.1. The Bertz CT molecular complexity index is 958. The van der Waals surface area contributed by atoms with Gasteiger partial charge in [0.2, 0.25) is 19.7 Å². The van der Waals surface area contributed by atoms with Crippen molar-refractivity contribution in [3.8, 4) is 0 Å². The summed E-state index contributed by atoms with van der Waals surface area (Å²) < 4.78 is 51.7. The predicted molar refractivity (Wildman–Crippen MR) is 96.0 cm³/mol. The quantitative estimate of drug-likeness (QED) is 0.817. The molecule has 2 N–H and O–H groups in total. The molecule has 0 aliphatic carbocycles. The fraction of sp³-hybridized carbons (Fsp3) is 0.235. The SMILES string of the molecule is Cc1ccc(S(=O)(=O)C2NC(=O)NC2S(=O)(=O)c2ccc(C)cc2)cc1. The molecule has 2 amide bonds. The topological polar surface area (TPSA) is 109 Å².